The summed E-state index contributed by atoms with van der Waals surface area (Å²) in [5.41, 5.74) is 7.76. The maximum absolute atomic E-state index is 5.82. The first-order valence-electron chi connectivity index (χ1n) is 3.63. The molecular weight excluding hydrogens is 172 g/mol. The SMILES string of the molecule is NC1=C2C=C[C](Cl)C=C2C=CN1. The molecule has 2 rings (SSSR count). The lowest BCUT2D eigenvalue weighted by Crippen LogP contribution is -2.20. The van der Waals surface area contributed by atoms with Gasteiger partial charge in [0.25, 0.3) is 0 Å². The van der Waals surface area contributed by atoms with Crippen molar-refractivity contribution in [3.63, 3.8) is 0 Å². The highest BCUT2D eigenvalue weighted by atomic mass is 35.5. The molecule has 0 fully saturated rings. The molecule has 2 nitrogen and oxygen atoms in total. The number of halogens is 1. The lowest BCUT2D eigenvalue weighted by Gasteiger charge is -2.18. The van der Waals surface area contributed by atoms with Gasteiger partial charge in [0.15, 0.2) is 0 Å². The van der Waals surface area contributed by atoms with Crippen LogP contribution in [0.15, 0.2) is 47.5 Å². The van der Waals surface area contributed by atoms with Crippen LogP contribution in [0.4, 0.5) is 0 Å². The summed E-state index contributed by atoms with van der Waals surface area (Å²) < 4.78 is 0. The summed E-state index contributed by atoms with van der Waals surface area (Å²) in [4.78, 5) is 0. The average Bonchev–Trinajstić information content (AvgIpc) is 2.04. The van der Waals surface area contributed by atoms with Gasteiger partial charge in [-0.2, -0.15) is 0 Å². The molecule has 1 aliphatic carbocycles. The highest BCUT2D eigenvalue weighted by Crippen LogP contribution is 2.28. The molecule has 0 bridgehead atoms. The van der Waals surface area contributed by atoms with E-state index in [0.717, 1.165) is 16.5 Å². The summed E-state index contributed by atoms with van der Waals surface area (Å²) >= 11 is 5.82. The fourth-order valence-corrected chi connectivity index (χ4v) is 1.40. The number of nitrogens with one attached hydrogen (secondary N) is 1. The Morgan fingerprint density at radius 1 is 1.25 bits per heavy atom. The van der Waals surface area contributed by atoms with E-state index in [1.54, 1.807) is 6.20 Å². The first-order chi connectivity index (χ1) is 5.77. The smallest absolute Gasteiger partial charge is 0.108 e. The van der Waals surface area contributed by atoms with Crippen molar-refractivity contribution in [3.05, 3.63) is 52.8 Å². The highest BCUT2D eigenvalue weighted by molar-refractivity contribution is 6.30. The van der Waals surface area contributed by atoms with Crippen LogP contribution in [0, 0.1) is 5.38 Å². The quantitative estimate of drug-likeness (QED) is 0.592. The molecule has 1 aliphatic heterocycles. The number of nitrogens with two attached hydrogens (primary N) is 1. The second-order valence-corrected chi connectivity index (χ2v) is 3.06. The van der Waals surface area contributed by atoms with Gasteiger partial charge in [0, 0.05) is 11.8 Å². The topological polar surface area (TPSA) is 38.0 Å². The summed E-state index contributed by atoms with van der Waals surface area (Å²) in [6.07, 6.45) is 9.37. The van der Waals surface area contributed by atoms with Gasteiger partial charge in [-0.15, -0.1) is 11.6 Å². The number of hydrogen-bond donors (Lipinski definition) is 2. The van der Waals surface area contributed by atoms with Gasteiger partial charge in [0.2, 0.25) is 0 Å². The van der Waals surface area contributed by atoms with E-state index < -0.39 is 0 Å². The van der Waals surface area contributed by atoms with Crippen LogP contribution in [0.1, 0.15) is 0 Å². The molecule has 2 aliphatic rings. The molecule has 12 heavy (non-hydrogen) atoms. The third-order valence-electron chi connectivity index (χ3n) is 1.81. The molecular formula is C9H8ClN2. The monoisotopic (exact) mass is 179 g/mol. The van der Waals surface area contributed by atoms with E-state index in [9.17, 15) is 0 Å². The van der Waals surface area contributed by atoms with Gasteiger partial charge in [-0.1, -0.05) is 12.2 Å². The molecule has 61 valence electrons. The van der Waals surface area contributed by atoms with Crippen LogP contribution < -0.4 is 11.1 Å². The zero-order valence-electron chi connectivity index (χ0n) is 6.34. The zero-order valence-corrected chi connectivity index (χ0v) is 7.10. The van der Waals surface area contributed by atoms with Crippen molar-refractivity contribution in [2.75, 3.05) is 0 Å². The first-order valence-corrected chi connectivity index (χ1v) is 4.00. The van der Waals surface area contributed by atoms with Crippen molar-refractivity contribution in [2.24, 2.45) is 5.73 Å². The van der Waals surface area contributed by atoms with Crippen LogP contribution in [0.3, 0.4) is 0 Å². The van der Waals surface area contributed by atoms with E-state index in [0.29, 0.717) is 5.82 Å². The lowest BCUT2D eigenvalue weighted by molar-refractivity contribution is 0.984. The largest absolute Gasteiger partial charge is 0.385 e. The number of rotatable bonds is 0. The van der Waals surface area contributed by atoms with Crippen LogP contribution in [-0.4, -0.2) is 0 Å². The minimum atomic E-state index is 0.671. The Morgan fingerprint density at radius 2 is 2.08 bits per heavy atom. The van der Waals surface area contributed by atoms with Crippen molar-refractivity contribution in [1.29, 1.82) is 0 Å². The number of fused-ring (bicyclic) bond motifs is 1. The van der Waals surface area contributed by atoms with Crippen molar-refractivity contribution in [3.8, 4) is 0 Å². The Bertz CT molecular complexity index is 323. The van der Waals surface area contributed by atoms with Crippen molar-refractivity contribution in [1.82, 2.24) is 5.32 Å². The molecule has 3 N–H and O–H groups in total. The predicted molar refractivity (Wildman–Crippen MR) is 49.8 cm³/mol. The Kier molecular flexibility index (Phi) is 1.70. The maximum atomic E-state index is 5.82. The van der Waals surface area contributed by atoms with Gasteiger partial charge in [0.1, 0.15) is 11.2 Å². The predicted octanol–water partition coefficient (Wildman–Crippen LogP) is 1.54. The first kappa shape index (κ1) is 7.50. The van der Waals surface area contributed by atoms with E-state index in [1.165, 1.54) is 0 Å². The van der Waals surface area contributed by atoms with Crippen LogP contribution in [0.25, 0.3) is 0 Å². The van der Waals surface area contributed by atoms with Crippen molar-refractivity contribution in [2.45, 2.75) is 0 Å². The summed E-state index contributed by atoms with van der Waals surface area (Å²) in [6, 6.07) is 0. The van der Waals surface area contributed by atoms with Crippen LogP contribution in [0.2, 0.25) is 0 Å². The molecule has 0 amide bonds. The molecule has 0 saturated heterocycles. The van der Waals surface area contributed by atoms with Gasteiger partial charge in [-0.25, -0.2) is 0 Å². The number of hydrogen-bond acceptors (Lipinski definition) is 2. The molecule has 3 heteroatoms. The summed E-state index contributed by atoms with van der Waals surface area (Å²) in [5, 5.41) is 3.66. The van der Waals surface area contributed by atoms with Gasteiger partial charge >= 0.3 is 0 Å². The number of allylic oxidation sites excluding steroid dienone is 6. The fraction of sp³-hybridized carbons (Fsp3) is 0. The van der Waals surface area contributed by atoms with Crippen LogP contribution in [0.5, 0.6) is 0 Å². The molecule has 0 aromatic carbocycles. The summed E-state index contributed by atoms with van der Waals surface area (Å²) in [5.74, 6) is 0.671. The molecule has 0 atom stereocenters. The second kappa shape index (κ2) is 2.72. The minimum absolute atomic E-state index is 0.671. The van der Waals surface area contributed by atoms with E-state index in [-0.39, 0.29) is 0 Å². The normalized spacial score (nSPS) is 21.9. The Hall–Kier alpha value is -1.15. The second-order valence-electron chi connectivity index (χ2n) is 2.62. The zero-order chi connectivity index (χ0) is 8.55. The Balaban J connectivity index is 2.44. The van der Waals surface area contributed by atoms with E-state index in [2.05, 4.69) is 5.32 Å². The molecule has 0 spiro atoms. The Labute approximate surface area is 76.1 Å². The number of dihydropyridines is 1. The van der Waals surface area contributed by atoms with Crippen LogP contribution >= 0.6 is 11.6 Å². The molecule has 1 radical (unpaired) electrons. The third-order valence-corrected chi connectivity index (χ3v) is 2.04. The molecule has 0 aromatic rings. The van der Waals surface area contributed by atoms with Crippen molar-refractivity contribution < 1.29 is 0 Å². The molecule has 0 aromatic heterocycles. The van der Waals surface area contributed by atoms with E-state index in [1.807, 2.05) is 24.3 Å². The van der Waals surface area contributed by atoms with E-state index >= 15 is 0 Å². The standard InChI is InChI=1S/C9H8ClN2/c10-7-1-2-8-6(5-7)3-4-12-9(8)11/h1-5,12H,11H2. The third kappa shape index (κ3) is 1.14. The van der Waals surface area contributed by atoms with Gasteiger partial charge in [0.05, 0.1) is 0 Å². The Morgan fingerprint density at radius 3 is 2.92 bits per heavy atom. The van der Waals surface area contributed by atoms with Gasteiger partial charge in [-0.3, -0.25) is 0 Å². The molecule has 0 unspecified atom stereocenters. The van der Waals surface area contributed by atoms with E-state index in [4.69, 9.17) is 17.3 Å². The van der Waals surface area contributed by atoms with Crippen LogP contribution in [-0.2, 0) is 0 Å². The fourth-order valence-electron chi connectivity index (χ4n) is 1.22. The molecule has 1 heterocycles. The molecule has 0 saturated carbocycles. The highest BCUT2D eigenvalue weighted by Gasteiger charge is 2.14. The minimum Gasteiger partial charge on any atom is -0.385 e. The maximum Gasteiger partial charge on any atom is 0.108 e. The van der Waals surface area contributed by atoms with Gasteiger partial charge < -0.3 is 11.1 Å². The lowest BCUT2D eigenvalue weighted by atomic mass is 9.98. The summed E-state index contributed by atoms with van der Waals surface area (Å²) in [6.45, 7) is 0. The van der Waals surface area contributed by atoms with Gasteiger partial charge in [-0.05, 0) is 17.7 Å². The summed E-state index contributed by atoms with van der Waals surface area (Å²) in [7, 11) is 0. The average molecular weight is 180 g/mol. The van der Waals surface area contributed by atoms with Crippen molar-refractivity contribution >= 4 is 11.6 Å².